The van der Waals surface area contributed by atoms with Crippen molar-refractivity contribution in [1.82, 2.24) is 30.0 Å². The topological polar surface area (TPSA) is 106 Å². The first-order valence-electron chi connectivity index (χ1n) is 10.3. The van der Waals surface area contributed by atoms with Gasteiger partial charge in [-0.05, 0) is 57.1 Å². The smallest absolute Gasteiger partial charge is 0.278 e. The van der Waals surface area contributed by atoms with Gasteiger partial charge in [0.1, 0.15) is 5.39 Å². The molecule has 4 rings (SSSR count). The monoisotopic (exact) mass is 409 g/mol. The van der Waals surface area contributed by atoms with Crippen molar-refractivity contribution in [2.45, 2.75) is 39.3 Å². The van der Waals surface area contributed by atoms with Gasteiger partial charge in [-0.15, -0.1) is 0 Å². The Balaban J connectivity index is 1.74. The molecule has 0 saturated carbocycles. The van der Waals surface area contributed by atoms with E-state index < -0.39 is 0 Å². The third-order valence-electron chi connectivity index (χ3n) is 5.29. The molecule has 0 fully saturated rings. The SMILES string of the molecule is CNCCC(=O)n1c2nc(Nc3ccc4c(c3)CCNC4)ncc2c(=O)n1C(C)C. The zero-order valence-corrected chi connectivity index (χ0v) is 17.5. The molecule has 3 N–H and O–H groups in total. The molecule has 0 radical (unpaired) electrons. The first-order valence-corrected chi connectivity index (χ1v) is 10.3. The van der Waals surface area contributed by atoms with Crippen LogP contribution in [0.1, 0.15) is 42.2 Å². The normalized spacial score (nSPS) is 13.6. The molecule has 2 aromatic heterocycles. The maximum atomic E-state index is 12.9. The number of nitrogens with one attached hydrogen (secondary N) is 3. The van der Waals surface area contributed by atoms with Crippen molar-refractivity contribution in [3.05, 3.63) is 45.9 Å². The number of carbonyl (C=O) groups is 1. The second kappa shape index (κ2) is 8.37. The standard InChI is InChI=1S/C21H27N7O2/c1-13(2)27-20(30)17-12-24-21(26-19(17)28(27)18(29)7-8-22-3)25-16-5-4-15-11-23-9-6-14(15)10-16/h4-5,10,12-13,22-23H,6-9,11H2,1-3H3,(H,24,25,26). The van der Waals surface area contributed by atoms with Crippen LogP contribution in [0.15, 0.2) is 29.2 Å². The van der Waals surface area contributed by atoms with Crippen LogP contribution in [-0.2, 0) is 13.0 Å². The molecule has 3 aromatic rings. The Hall–Kier alpha value is -3.04. The van der Waals surface area contributed by atoms with Gasteiger partial charge in [0.05, 0.1) is 0 Å². The molecule has 0 unspecified atom stereocenters. The van der Waals surface area contributed by atoms with E-state index in [0.29, 0.717) is 23.5 Å². The Bertz CT molecular complexity index is 1150. The van der Waals surface area contributed by atoms with Crippen LogP contribution in [0.4, 0.5) is 11.6 Å². The molecule has 0 atom stereocenters. The molecule has 3 heterocycles. The molecule has 158 valence electrons. The zero-order valence-electron chi connectivity index (χ0n) is 17.5. The van der Waals surface area contributed by atoms with Crippen LogP contribution in [0.5, 0.6) is 0 Å². The summed E-state index contributed by atoms with van der Waals surface area (Å²) in [5.41, 5.74) is 3.54. The number of aromatic nitrogens is 4. The third-order valence-corrected chi connectivity index (χ3v) is 5.29. The maximum Gasteiger partial charge on any atom is 0.278 e. The van der Waals surface area contributed by atoms with Gasteiger partial charge in [-0.1, -0.05) is 6.07 Å². The van der Waals surface area contributed by atoms with E-state index in [1.165, 1.54) is 26.7 Å². The number of benzene rings is 1. The number of anilines is 2. The summed E-state index contributed by atoms with van der Waals surface area (Å²) in [6.07, 6.45) is 2.73. The van der Waals surface area contributed by atoms with E-state index in [2.05, 4.69) is 38.1 Å². The fraction of sp³-hybridized carbons (Fsp3) is 0.429. The van der Waals surface area contributed by atoms with E-state index in [1.54, 1.807) is 7.05 Å². The van der Waals surface area contributed by atoms with Gasteiger partial charge in [0, 0.05) is 37.4 Å². The molecule has 1 aromatic carbocycles. The number of hydrogen-bond donors (Lipinski definition) is 3. The van der Waals surface area contributed by atoms with Crippen LogP contribution in [0, 0.1) is 0 Å². The lowest BCUT2D eigenvalue weighted by Gasteiger charge is -2.18. The highest BCUT2D eigenvalue weighted by Crippen LogP contribution is 2.22. The molecular weight excluding hydrogens is 382 g/mol. The lowest BCUT2D eigenvalue weighted by atomic mass is 10.0. The van der Waals surface area contributed by atoms with Crippen molar-refractivity contribution >= 4 is 28.6 Å². The molecular formula is C21H27N7O2. The van der Waals surface area contributed by atoms with Crippen molar-refractivity contribution in [3.63, 3.8) is 0 Å². The molecule has 1 aliphatic heterocycles. The van der Waals surface area contributed by atoms with Crippen molar-refractivity contribution in [2.24, 2.45) is 0 Å². The third kappa shape index (κ3) is 3.73. The predicted molar refractivity (Wildman–Crippen MR) is 116 cm³/mol. The van der Waals surface area contributed by atoms with Gasteiger partial charge in [0.2, 0.25) is 11.9 Å². The Morgan fingerprint density at radius 2 is 2.13 bits per heavy atom. The van der Waals surface area contributed by atoms with Crippen molar-refractivity contribution in [2.75, 3.05) is 25.5 Å². The Morgan fingerprint density at radius 3 is 2.90 bits per heavy atom. The van der Waals surface area contributed by atoms with Gasteiger partial charge in [0.25, 0.3) is 5.56 Å². The first kappa shape index (κ1) is 20.2. The summed E-state index contributed by atoms with van der Waals surface area (Å²) in [6.45, 7) is 6.10. The molecule has 0 aliphatic carbocycles. The summed E-state index contributed by atoms with van der Waals surface area (Å²) in [5.74, 6) is 0.170. The Morgan fingerprint density at radius 1 is 1.30 bits per heavy atom. The predicted octanol–water partition coefficient (Wildman–Crippen LogP) is 1.81. The van der Waals surface area contributed by atoms with Gasteiger partial charge in [-0.3, -0.25) is 9.59 Å². The van der Waals surface area contributed by atoms with E-state index in [4.69, 9.17) is 0 Å². The lowest BCUT2D eigenvalue weighted by molar-refractivity contribution is 0.0868. The second-order valence-electron chi connectivity index (χ2n) is 7.77. The van der Waals surface area contributed by atoms with Crippen LogP contribution >= 0.6 is 0 Å². The van der Waals surface area contributed by atoms with Crippen molar-refractivity contribution < 1.29 is 4.79 Å². The van der Waals surface area contributed by atoms with Gasteiger partial charge >= 0.3 is 0 Å². The first-order chi connectivity index (χ1) is 14.5. The van der Waals surface area contributed by atoms with Gasteiger partial charge < -0.3 is 16.0 Å². The number of fused-ring (bicyclic) bond motifs is 2. The average molecular weight is 409 g/mol. The quantitative estimate of drug-likeness (QED) is 0.570. The average Bonchev–Trinajstić information content (AvgIpc) is 3.04. The molecule has 0 amide bonds. The van der Waals surface area contributed by atoms with Crippen LogP contribution in [-0.4, -0.2) is 45.4 Å². The molecule has 9 nitrogen and oxygen atoms in total. The Kier molecular flexibility index (Phi) is 5.65. The molecule has 0 spiro atoms. The van der Waals surface area contributed by atoms with Crippen molar-refractivity contribution in [3.8, 4) is 0 Å². The van der Waals surface area contributed by atoms with Gasteiger partial charge in [0.15, 0.2) is 5.65 Å². The van der Waals surface area contributed by atoms with E-state index in [0.717, 1.165) is 25.2 Å². The zero-order chi connectivity index (χ0) is 21.3. The summed E-state index contributed by atoms with van der Waals surface area (Å²) in [7, 11) is 1.79. The summed E-state index contributed by atoms with van der Waals surface area (Å²) >= 11 is 0. The summed E-state index contributed by atoms with van der Waals surface area (Å²) in [5, 5.41) is 9.89. The van der Waals surface area contributed by atoms with Crippen LogP contribution in [0.2, 0.25) is 0 Å². The van der Waals surface area contributed by atoms with Crippen molar-refractivity contribution in [1.29, 1.82) is 0 Å². The Labute approximate surface area is 174 Å². The molecule has 1 aliphatic rings. The minimum Gasteiger partial charge on any atom is -0.324 e. The highest BCUT2D eigenvalue weighted by molar-refractivity contribution is 5.89. The van der Waals surface area contributed by atoms with E-state index >= 15 is 0 Å². The largest absolute Gasteiger partial charge is 0.324 e. The number of rotatable bonds is 6. The summed E-state index contributed by atoms with van der Waals surface area (Å²) < 4.78 is 2.85. The minimum absolute atomic E-state index is 0.184. The van der Waals surface area contributed by atoms with E-state index in [1.807, 2.05) is 19.9 Å². The van der Waals surface area contributed by atoms with Crippen LogP contribution in [0.25, 0.3) is 11.0 Å². The molecule has 30 heavy (non-hydrogen) atoms. The summed E-state index contributed by atoms with van der Waals surface area (Å²) in [6, 6.07) is 6.00. The molecule has 9 heteroatoms. The number of carbonyl (C=O) groups excluding carboxylic acids is 1. The molecule has 0 saturated heterocycles. The van der Waals surface area contributed by atoms with E-state index in [-0.39, 0.29) is 23.9 Å². The number of hydrogen-bond acceptors (Lipinski definition) is 7. The minimum atomic E-state index is -0.259. The fourth-order valence-corrected chi connectivity index (χ4v) is 3.79. The summed E-state index contributed by atoms with van der Waals surface area (Å²) in [4.78, 5) is 34.6. The van der Waals surface area contributed by atoms with E-state index in [9.17, 15) is 9.59 Å². The van der Waals surface area contributed by atoms with Gasteiger partial charge in [-0.25, -0.2) is 9.67 Å². The van der Waals surface area contributed by atoms with Crippen LogP contribution in [0.3, 0.4) is 0 Å². The van der Waals surface area contributed by atoms with Gasteiger partial charge in [-0.2, -0.15) is 9.67 Å². The molecule has 0 bridgehead atoms. The number of nitrogens with zero attached hydrogens (tertiary/aromatic N) is 4. The fourth-order valence-electron chi connectivity index (χ4n) is 3.79. The highest BCUT2D eigenvalue weighted by Gasteiger charge is 2.22. The lowest BCUT2D eigenvalue weighted by Crippen LogP contribution is -2.30. The van der Waals surface area contributed by atoms with Crippen LogP contribution < -0.4 is 21.5 Å². The highest BCUT2D eigenvalue weighted by atomic mass is 16.2. The maximum absolute atomic E-state index is 12.9. The second-order valence-corrected chi connectivity index (χ2v) is 7.77.